The number of benzene rings is 1. The lowest BCUT2D eigenvalue weighted by molar-refractivity contribution is 0.265. The van der Waals surface area contributed by atoms with Crippen molar-refractivity contribution in [3.63, 3.8) is 0 Å². The molecule has 1 aliphatic heterocycles. The predicted octanol–water partition coefficient (Wildman–Crippen LogP) is 1.55. The molecule has 4 heteroatoms. The highest BCUT2D eigenvalue weighted by molar-refractivity contribution is 5.37. The van der Waals surface area contributed by atoms with Crippen LogP contribution in [0, 0.1) is 0 Å². The quantitative estimate of drug-likeness (QED) is 0.884. The van der Waals surface area contributed by atoms with Gasteiger partial charge in [0.25, 0.3) is 0 Å². The highest BCUT2D eigenvalue weighted by atomic mass is 16.5. The van der Waals surface area contributed by atoms with E-state index in [2.05, 4.69) is 40.4 Å². The number of hydrogen-bond acceptors (Lipinski definition) is 4. The van der Waals surface area contributed by atoms with Gasteiger partial charge in [0, 0.05) is 31.7 Å². The molecule has 2 rings (SSSR count). The van der Waals surface area contributed by atoms with Gasteiger partial charge in [-0.2, -0.15) is 0 Å². The van der Waals surface area contributed by atoms with Crippen LogP contribution in [0.3, 0.4) is 0 Å². The fraction of sp³-hybridized carbons (Fsp3) is 0.625. The van der Waals surface area contributed by atoms with E-state index in [0.717, 1.165) is 31.9 Å². The van der Waals surface area contributed by atoms with Crippen molar-refractivity contribution in [1.29, 1.82) is 0 Å². The fourth-order valence-electron chi connectivity index (χ4n) is 2.77. The van der Waals surface area contributed by atoms with E-state index in [1.807, 2.05) is 7.05 Å². The van der Waals surface area contributed by atoms with Gasteiger partial charge in [-0.1, -0.05) is 6.07 Å². The van der Waals surface area contributed by atoms with Crippen LogP contribution in [0.2, 0.25) is 0 Å². The number of ether oxygens (including phenoxy) is 1. The smallest absolute Gasteiger partial charge is 0.123 e. The Bertz CT molecular complexity index is 422. The third-order valence-corrected chi connectivity index (χ3v) is 3.93. The van der Waals surface area contributed by atoms with Crippen molar-refractivity contribution in [3.05, 3.63) is 29.3 Å². The number of likely N-dealkylation sites (N-methyl/N-ethyl adjacent to an activating group) is 1. The minimum atomic E-state index is 0.903. The van der Waals surface area contributed by atoms with E-state index >= 15 is 0 Å². The predicted molar refractivity (Wildman–Crippen MR) is 83.1 cm³/mol. The van der Waals surface area contributed by atoms with Crippen molar-refractivity contribution in [2.45, 2.75) is 19.5 Å². The molecular weight excluding hydrogens is 250 g/mol. The van der Waals surface area contributed by atoms with Crippen LogP contribution in [0.5, 0.6) is 5.75 Å². The van der Waals surface area contributed by atoms with Gasteiger partial charge in [-0.3, -0.25) is 4.90 Å². The normalized spacial score (nSPS) is 17.9. The van der Waals surface area contributed by atoms with Crippen LogP contribution in [0.15, 0.2) is 18.2 Å². The molecule has 20 heavy (non-hydrogen) atoms. The van der Waals surface area contributed by atoms with Gasteiger partial charge in [-0.15, -0.1) is 0 Å². The van der Waals surface area contributed by atoms with Crippen molar-refractivity contribution in [2.75, 3.05) is 47.4 Å². The zero-order chi connectivity index (χ0) is 14.4. The highest BCUT2D eigenvalue weighted by Crippen LogP contribution is 2.22. The lowest BCUT2D eigenvalue weighted by Gasteiger charge is -2.22. The van der Waals surface area contributed by atoms with E-state index in [1.54, 1.807) is 7.11 Å². The second-order valence-electron chi connectivity index (χ2n) is 5.61. The zero-order valence-corrected chi connectivity index (χ0v) is 13.0. The fourth-order valence-corrected chi connectivity index (χ4v) is 2.77. The van der Waals surface area contributed by atoms with Crippen LogP contribution in [-0.4, -0.2) is 57.2 Å². The Labute approximate surface area is 122 Å². The molecule has 0 bridgehead atoms. The Morgan fingerprint density at radius 1 is 1.20 bits per heavy atom. The number of hydrogen-bond donors (Lipinski definition) is 1. The molecule has 112 valence electrons. The zero-order valence-electron chi connectivity index (χ0n) is 13.0. The Kier molecular flexibility index (Phi) is 5.83. The molecule has 1 heterocycles. The second-order valence-corrected chi connectivity index (χ2v) is 5.61. The van der Waals surface area contributed by atoms with E-state index in [0.29, 0.717) is 0 Å². The molecule has 1 fully saturated rings. The molecule has 0 aliphatic carbocycles. The van der Waals surface area contributed by atoms with Crippen molar-refractivity contribution >= 4 is 0 Å². The minimum Gasteiger partial charge on any atom is -0.496 e. The van der Waals surface area contributed by atoms with Crippen molar-refractivity contribution < 1.29 is 4.74 Å². The molecule has 1 aliphatic rings. The Morgan fingerprint density at radius 3 is 2.80 bits per heavy atom. The summed E-state index contributed by atoms with van der Waals surface area (Å²) in [7, 11) is 5.94. The number of rotatable bonds is 5. The van der Waals surface area contributed by atoms with Gasteiger partial charge < -0.3 is 15.0 Å². The highest BCUT2D eigenvalue weighted by Gasteiger charge is 2.14. The monoisotopic (exact) mass is 277 g/mol. The molecule has 0 amide bonds. The first-order valence-electron chi connectivity index (χ1n) is 7.44. The van der Waals surface area contributed by atoms with Gasteiger partial charge in [0.1, 0.15) is 5.75 Å². The Balaban J connectivity index is 2.07. The average Bonchev–Trinajstić information content (AvgIpc) is 2.65. The summed E-state index contributed by atoms with van der Waals surface area (Å²) >= 11 is 0. The Hall–Kier alpha value is -1.10. The van der Waals surface area contributed by atoms with Crippen molar-refractivity contribution in [2.24, 2.45) is 0 Å². The lowest BCUT2D eigenvalue weighted by atomic mass is 10.1. The largest absolute Gasteiger partial charge is 0.496 e. The second kappa shape index (κ2) is 7.62. The maximum atomic E-state index is 5.51. The average molecular weight is 277 g/mol. The first kappa shape index (κ1) is 15.3. The van der Waals surface area contributed by atoms with E-state index in [4.69, 9.17) is 4.74 Å². The summed E-state index contributed by atoms with van der Waals surface area (Å²) < 4.78 is 5.51. The third-order valence-electron chi connectivity index (χ3n) is 3.93. The Morgan fingerprint density at radius 2 is 2.05 bits per heavy atom. The topological polar surface area (TPSA) is 27.7 Å². The molecule has 0 radical (unpaired) electrons. The molecular formula is C16H27N3O. The minimum absolute atomic E-state index is 0.903. The van der Waals surface area contributed by atoms with Crippen molar-refractivity contribution in [1.82, 2.24) is 15.1 Å². The van der Waals surface area contributed by atoms with Crippen LogP contribution < -0.4 is 10.1 Å². The van der Waals surface area contributed by atoms with Crippen molar-refractivity contribution in [3.8, 4) is 5.75 Å². The van der Waals surface area contributed by atoms with Gasteiger partial charge in [0.05, 0.1) is 7.11 Å². The van der Waals surface area contributed by atoms with Crippen LogP contribution >= 0.6 is 0 Å². The van der Waals surface area contributed by atoms with Crippen LogP contribution in [0.1, 0.15) is 17.5 Å². The SMILES string of the molecule is CNCc1ccc(OC)c(CN2CCCN(C)CC2)c1. The molecule has 0 atom stereocenters. The lowest BCUT2D eigenvalue weighted by Crippen LogP contribution is -2.28. The standard InChI is InChI=1S/C16H27N3O/c1-17-12-14-5-6-16(20-3)15(11-14)13-19-8-4-7-18(2)9-10-19/h5-6,11,17H,4,7-10,12-13H2,1-3H3. The molecule has 1 aromatic carbocycles. The van der Waals surface area contributed by atoms with E-state index in [9.17, 15) is 0 Å². The summed E-state index contributed by atoms with van der Waals surface area (Å²) in [5.41, 5.74) is 2.61. The molecule has 0 saturated carbocycles. The summed E-state index contributed by atoms with van der Waals surface area (Å²) in [6.07, 6.45) is 1.25. The molecule has 1 N–H and O–H groups in total. The maximum absolute atomic E-state index is 5.51. The van der Waals surface area contributed by atoms with Gasteiger partial charge in [-0.05, 0) is 51.3 Å². The molecule has 0 unspecified atom stereocenters. The first-order chi connectivity index (χ1) is 9.72. The van der Waals surface area contributed by atoms with E-state index in [-0.39, 0.29) is 0 Å². The van der Waals surface area contributed by atoms with E-state index < -0.39 is 0 Å². The van der Waals surface area contributed by atoms with Gasteiger partial charge in [0.15, 0.2) is 0 Å². The molecule has 0 aromatic heterocycles. The summed E-state index contributed by atoms with van der Waals surface area (Å²) in [5, 5.41) is 3.21. The van der Waals surface area contributed by atoms with E-state index in [1.165, 1.54) is 30.6 Å². The van der Waals surface area contributed by atoms with Gasteiger partial charge in [-0.25, -0.2) is 0 Å². The van der Waals surface area contributed by atoms with Crippen LogP contribution in [-0.2, 0) is 13.1 Å². The third kappa shape index (κ3) is 4.20. The summed E-state index contributed by atoms with van der Waals surface area (Å²) in [6, 6.07) is 6.49. The molecule has 0 spiro atoms. The van der Waals surface area contributed by atoms with Crippen LogP contribution in [0.25, 0.3) is 0 Å². The van der Waals surface area contributed by atoms with Gasteiger partial charge in [0.2, 0.25) is 0 Å². The summed E-state index contributed by atoms with van der Waals surface area (Å²) in [4.78, 5) is 4.94. The molecule has 4 nitrogen and oxygen atoms in total. The maximum Gasteiger partial charge on any atom is 0.123 e. The molecule has 1 saturated heterocycles. The molecule has 1 aromatic rings. The summed E-state index contributed by atoms with van der Waals surface area (Å²) in [6.45, 7) is 6.54. The number of nitrogens with one attached hydrogen (secondary N) is 1. The first-order valence-corrected chi connectivity index (χ1v) is 7.44. The number of nitrogens with zero attached hydrogens (tertiary/aromatic N) is 2. The van der Waals surface area contributed by atoms with Gasteiger partial charge >= 0.3 is 0 Å². The summed E-state index contributed by atoms with van der Waals surface area (Å²) in [5.74, 6) is 1.00. The van der Waals surface area contributed by atoms with Crippen LogP contribution in [0.4, 0.5) is 0 Å². The number of methoxy groups -OCH3 is 1.